The van der Waals surface area contributed by atoms with Gasteiger partial charge in [-0.1, -0.05) is 20.3 Å². The highest BCUT2D eigenvalue weighted by molar-refractivity contribution is 5.88. The van der Waals surface area contributed by atoms with Crippen LogP contribution in [0.3, 0.4) is 0 Å². The SMILES string of the molecule is CC1(C)CCCNC1C(=O)N1CC2CCCC2C1C(=O)O. The molecule has 1 amide bonds. The Balaban J connectivity index is 1.81. The summed E-state index contributed by atoms with van der Waals surface area (Å²) in [6, 6.07) is -0.851. The first-order chi connectivity index (χ1) is 9.92. The number of likely N-dealkylation sites (tertiary alicyclic amines) is 1. The number of rotatable bonds is 2. The zero-order chi connectivity index (χ0) is 15.2. The number of carboxylic acids is 1. The molecule has 0 aromatic heterocycles. The molecule has 2 heterocycles. The van der Waals surface area contributed by atoms with Gasteiger partial charge < -0.3 is 15.3 Å². The third-order valence-electron chi connectivity index (χ3n) is 5.80. The van der Waals surface area contributed by atoms with Crippen molar-refractivity contribution in [3.05, 3.63) is 0 Å². The van der Waals surface area contributed by atoms with Crippen molar-refractivity contribution in [1.82, 2.24) is 10.2 Å². The van der Waals surface area contributed by atoms with Crippen molar-refractivity contribution in [2.45, 2.75) is 58.0 Å². The van der Waals surface area contributed by atoms with E-state index in [0.29, 0.717) is 12.5 Å². The second kappa shape index (κ2) is 5.27. The zero-order valence-corrected chi connectivity index (χ0v) is 13.0. The summed E-state index contributed by atoms with van der Waals surface area (Å²) in [5.41, 5.74) is -0.101. The number of carbonyl (C=O) groups excluding carboxylic acids is 1. The first-order valence-electron chi connectivity index (χ1n) is 8.18. The molecule has 0 radical (unpaired) electrons. The van der Waals surface area contributed by atoms with Crippen molar-refractivity contribution in [2.24, 2.45) is 17.3 Å². The standard InChI is InChI=1S/C16H26N2O3/c1-16(2)7-4-8-17-13(16)14(19)18-9-10-5-3-6-11(10)12(18)15(20)21/h10-13,17H,3-9H2,1-2H3,(H,20,21). The molecule has 0 spiro atoms. The van der Waals surface area contributed by atoms with Gasteiger partial charge in [-0.25, -0.2) is 4.79 Å². The van der Waals surface area contributed by atoms with E-state index in [0.717, 1.165) is 38.6 Å². The van der Waals surface area contributed by atoms with E-state index in [-0.39, 0.29) is 23.3 Å². The van der Waals surface area contributed by atoms with Crippen LogP contribution in [0.25, 0.3) is 0 Å². The Labute approximate surface area is 126 Å². The fraction of sp³-hybridized carbons (Fsp3) is 0.875. The number of amides is 1. The van der Waals surface area contributed by atoms with E-state index >= 15 is 0 Å². The quantitative estimate of drug-likeness (QED) is 0.809. The van der Waals surface area contributed by atoms with Gasteiger partial charge in [0.1, 0.15) is 6.04 Å². The molecule has 2 saturated heterocycles. The normalized spacial score (nSPS) is 38.3. The minimum absolute atomic E-state index is 0.00139. The van der Waals surface area contributed by atoms with Crippen LogP contribution in [0, 0.1) is 17.3 Å². The minimum atomic E-state index is -0.827. The molecule has 3 fully saturated rings. The van der Waals surface area contributed by atoms with Crippen LogP contribution < -0.4 is 5.32 Å². The van der Waals surface area contributed by atoms with Crippen LogP contribution in [0.2, 0.25) is 0 Å². The number of piperidine rings is 1. The van der Waals surface area contributed by atoms with E-state index in [1.54, 1.807) is 4.90 Å². The zero-order valence-electron chi connectivity index (χ0n) is 13.0. The van der Waals surface area contributed by atoms with Gasteiger partial charge in [0.25, 0.3) is 0 Å². The highest BCUT2D eigenvalue weighted by Crippen LogP contribution is 2.43. The molecule has 118 valence electrons. The van der Waals surface area contributed by atoms with Gasteiger partial charge in [-0.2, -0.15) is 0 Å². The van der Waals surface area contributed by atoms with Gasteiger partial charge in [-0.3, -0.25) is 4.79 Å². The maximum absolute atomic E-state index is 13.0. The summed E-state index contributed by atoms with van der Waals surface area (Å²) in [5, 5.41) is 12.9. The summed E-state index contributed by atoms with van der Waals surface area (Å²) in [6.07, 6.45) is 5.21. The fourth-order valence-corrected chi connectivity index (χ4v) is 4.65. The molecule has 4 unspecified atom stereocenters. The van der Waals surface area contributed by atoms with Crippen LogP contribution in [0.15, 0.2) is 0 Å². The van der Waals surface area contributed by atoms with Crippen molar-refractivity contribution in [2.75, 3.05) is 13.1 Å². The van der Waals surface area contributed by atoms with E-state index in [4.69, 9.17) is 0 Å². The summed E-state index contributed by atoms with van der Waals surface area (Å²) < 4.78 is 0. The predicted octanol–water partition coefficient (Wildman–Crippen LogP) is 1.48. The largest absolute Gasteiger partial charge is 0.480 e. The second-order valence-corrected chi connectivity index (χ2v) is 7.61. The molecule has 0 bridgehead atoms. The van der Waals surface area contributed by atoms with Crippen LogP contribution in [0.1, 0.15) is 46.0 Å². The Morgan fingerprint density at radius 1 is 1.24 bits per heavy atom. The number of nitrogens with zero attached hydrogens (tertiary/aromatic N) is 1. The third kappa shape index (κ3) is 2.45. The third-order valence-corrected chi connectivity index (χ3v) is 5.80. The first kappa shape index (κ1) is 14.8. The molecule has 3 rings (SSSR count). The summed E-state index contributed by atoms with van der Waals surface area (Å²) in [7, 11) is 0. The Kier molecular flexibility index (Phi) is 3.72. The van der Waals surface area contributed by atoms with Crippen molar-refractivity contribution in [3.8, 4) is 0 Å². The molecule has 3 aliphatic rings. The number of aliphatic carboxylic acids is 1. The number of fused-ring (bicyclic) bond motifs is 1. The van der Waals surface area contributed by atoms with E-state index in [1.165, 1.54) is 0 Å². The minimum Gasteiger partial charge on any atom is -0.480 e. The number of nitrogens with one attached hydrogen (secondary N) is 1. The smallest absolute Gasteiger partial charge is 0.326 e. The van der Waals surface area contributed by atoms with Gasteiger partial charge >= 0.3 is 5.97 Å². The average molecular weight is 294 g/mol. The second-order valence-electron chi connectivity index (χ2n) is 7.61. The highest BCUT2D eigenvalue weighted by atomic mass is 16.4. The molecule has 21 heavy (non-hydrogen) atoms. The molecule has 5 nitrogen and oxygen atoms in total. The van der Waals surface area contributed by atoms with Gasteiger partial charge in [0, 0.05) is 6.54 Å². The summed E-state index contributed by atoms with van der Waals surface area (Å²) in [6.45, 7) is 5.69. The predicted molar refractivity (Wildman–Crippen MR) is 78.8 cm³/mol. The number of carbonyl (C=O) groups is 2. The van der Waals surface area contributed by atoms with E-state index in [2.05, 4.69) is 19.2 Å². The first-order valence-corrected chi connectivity index (χ1v) is 8.18. The maximum Gasteiger partial charge on any atom is 0.326 e. The molecule has 1 saturated carbocycles. The Bertz CT molecular complexity index is 449. The molecule has 2 N–H and O–H groups in total. The molecular formula is C16H26N2O3. The molecule has 1 aliphatic carbocycles. The molecule has 4 atom stereocenters. The average Bonchev–Trinajstić information content (AvgIpc) is 2.96. The van der Waals surface area contributed by atoms with Crippen LogP contribution in [-0.4, -0.2) is 47.1 Å². The molecular weight excluding hydrogens is 268 g/mol. The highest BCUT2D eigenvalue weighted by Gasteiger charge is 2.52. The van der Waals surface area contributed by atoms with Crippen molar-refractivity contribution >= 4 is 11.9 Å². The van der Waals surface area contributed by atoms with Gasteiger partial charge in [-0.15, -0.1) is 0 Å². The van der Waals surface area contributed by atoms with Crippen molar-refractivity contribution in [1.29, 1.82) is 0 Å². The molecule has 2 aliphatic heterocycles. The monoisotopic (exact) mass is 294 g/mol. The lowest BCUT2D eigenvalue weighted by Gasteiger charge is -2.41. The van der Waals surface area contributed by atoms with Crippen molar-refractivity contribution in [3.63, 3.8) is 0 Å². The van der Waals surface area contributed by atoms with Crippen LogP contribution in [0.5, 0.6) is 0 Å². The van der Waals surface area contributed by atoms with Crippen LogP contribution >= 0.6 is 0 Å². The summed E-state index contributed by atoms with van der Waals surface area (Å²) in [4.78, 5) is 26.3. The lowest BCUT2D eigenvalue weighted by molar-refractivity contribution is -0.152. The van der Waals surface area contributed by atoms with Gasteiger partial charge in [-0.05, 0) is 49.5 Å². The van der Waals surface area contributed by atoms with E-state index in [1.807, 2.05) is 0 Å². The topological polar surface area (TPSA) is 69.6 Å². The van der Waals surface area contributed by atoms with Crippen LogP contribution in [-0.2, 0) is 9.59 Å². The van der Waals surface area contributed by atoms with Gasteiger partial charge in [0.05, 0.1) is 6.04 Å². The number of hydrogen-bond donors (Lipinski definition) is 2. The number of hydrogen-bond acceptors (Lipinski definition) is 3. The van der Waals surface area contributed by atoms with E-state index in [9.17, 15) is 14.7 Å². The molecule has 5 heteroatoms. The fourth-order valence-electron chi connectivity index (χ4n) is 4.65. The maximum atomic E-state index is 13.0. The Morgan fingerprint density at radius 3 is 2.67 bits per heavy atom. The van der Waals surface area contributed by atoms with Gasteiger partial charge in [0.2, 0.25) is 5.91 Å². The lowest BCUT2D eigenvalue weighted by Crippen LogP contribution is -2.58. The molecule has 0 aromatic rings. The van der Waals surface area contributed by atoms with E-state index < -0.39 is 12.0 Å². The Hall–Kier alpha value is -1.10. The van der Waals surface area contributed by atoms with Crippen molar-refractivity contribution < 1.29 is 14.7 Å². The summed E-state index contributed by atoms with van der Waals surface area (Å²) in [5.74, 6) is -0.271. The number of carboxylic acid groups (broad SMARTS) is 1. The Morgan fingerprint density at radius 2 is 2.00 bits per heavy atom. The van der Waals surface area contributed by atoms with Crippen LogP contribution in [0.4, 0.5) is 0 Å². The van der Waals surface area contributed by atoms with Gasteiger partial charge in [0.15, 0.2) is 0 Å². The lowest BCUT2D eigenvalue weighted by atomic mass is 9.77. The molecule has 0 aromatic carbocycles. The summed E-state index contributed by atoms with van der Waals surface area (Å²) >= 11 is 0.